The van der Waals surface area contributed by atoms with Gasteiger partial charge in [0.1, 0.15) is 11.4 Å². The summed E-state index contributed by atoms with van der Waals surface area (Å²) in [6, 6.07) is 7.75. The van der Waals surface area contributed by atoms with Crippen molar-refractivity contribution in [3.05, 3.63) is 52.3 Å². The normalized spacial score (nSPS) is 10.9. The molecule has 0 aliphatic carbocycles. The predicted molar refractivity (Wildman–Crippen MR) is 106 cm³/mol. The monoisotopic (exact) mass is 371 g/mol. The Morgan fingerprint density at radius 2 is 1.78 bits per heavy atom. The lowest BCUT2D eigenvalue weighted by Gasteiger charge is -2.13. The molecule has 0 saturated carbocycles. The summed E-state index contributed by atoms with van der Waals surface area (Å²) in [6.07, 6.45) is 0. The van der Waals surface area contributed by atoms with Gasteiger partial charge in [0.05, 0.1) is 6.61 Å². The van der Waals surface area contributed by atoms with E-state index in [1.54, 1.807) is 13.8 Å². The minimum atomic E-state index is -0.398. The third kappa shape index (κ3) is 4.24. The summed E-state index contributed by atoms with van der Waals surface area (Å²) in [5.74, 6) is 0.486. The Labute approximate surface area is 161 Å². The zero-order valence-corrected chi connectivity index (χ0v) is 17.1. The Morgan fingerprint density at radius 3 is 2.37 bits per heavy atom. The largest absolute Gasteiger partial charge is 0.485 e. The number of Topliss-reactive ketones (excluding diaryl/α,β-unsaturated/α-hetero) is 1. The minimum absolute atomic E-state index is 0.0680. The summed E-state index contributed by atoms with van der Waals surface area (Å²) in [6.45, 7) is 12.4. The lowest BCUT2D eigenvalue weighted by Crippen LogP contribution is -2.14. The highest BCUT2D eigenvalue weighted by molar-refractivity contribution is 6.03. The van der Waals surface area contributed by atoms with E-state index in [2.05, 4.69) is 13.8 Å². The van der Waals surface area contributed by atoms with Crippen LogP contribution in [0, 0.1) is 13.8 Å². The number of hydrogen-bond donors (Lipinski definition) is 0. The van der Waals surface area contributed by atoms with Crippen molar-refractivity contribution in [2.24, 2.45) is 0 Å². The molecule has 0 atom stereocenters. The SMILES string of the molecule is CCOC(=O)c1c(C)c(C(=O)COc2ccccc2C(C)C)c(C)n1CC. The first-order valence-corrected chi connectivity index (χ1v) is 9.45. The highest BCUT2D eigenvalue weighted by Gasteiger charge is 2.26. The van der Waals surface area contributed by atoms with Crippen LogP contribution in [-0.2, 0) is 11.3 Å². The third-order valence-electron chi connectivity index (χ3n) is 4.73. The number of carbonyl (C=O) groups is 2. The van der Waals surface area contributed by atoms with Gasteiger partial charge in [0.25, 0.3) is 0 Å². The molecule has 146 valence electrons. The molecule has 0 spiro atoms. The number of ether oxygens (including phenoxy) is 2. The van der Waals surface area contributed by atoms with Crippen LogP contribution in [0.25, 0.3) is 0 Å². The summed E-state index contributed by atoms with van der Waals surface area (Å²) in [4.78, 5) is 25.3. The molecule has 0 unspecified atom stereocenters. The molecule has 0 fully saturated rings. The van der Waals surface area contributed by atoms with Crippen molar-refractivity contribution in [3.63, 3.8) is 0 Å². The second-order valence-corrected chi connectivity index (χ2v) is 6.80. The molecule has 0 bridgehead atoms. The summed E-state index contributed by atoms with van der Waals surface area (Å²) in [5.41, 5.74) is 3.48. The lowest BCUT2D eigenvalue weighted by atomic mass is 10.0. The molecule has 5 nitrogen and oxygen atoms in total. The van der Waals surface area contributed by atoms with Gasteiger partial charge in [-0.05, 0) is 50.8 Å². The van der Waals surface area contributed by atoms with Crippen LogP contribution in [0.2, 0.25) is 0 Å². The predicted octanol–water partition coefficient (Wildman–Crippen LogP) is 4.69. The number of hydrogen-bond acceptors (Lipinski definition) is 4. The van der Waals surface area contributed by atoms with Gasteiger partial charge in [0, 0.05) is 17.8 Å². The molecule has 0 amide bonds. The zero-order chi connectivity index (χ0) is 20.1. The van der Waals surface area contributed by atoms with Crippen LogP contribution in [0.4, 0.5) is 0 Å². The fourth-order valence-electron chi connectivity index (χ4n) is 3.47. The molecular weight excluding hydrogens is 342 g/mol. The Hall–Kier alpha value is -2.56. The molecule has 1 aromatic carbocycles. The molecule has 2 rings (SSSR count). The first-order chi connectivity index (χ1) is 12.8. The van der Waals surface area contributed by atoms with E-state index in [1.165, 1.54) is 0 Å². The van der Waals surface area contributed by atoms with Gasteiger partial charge < -0.3 is 14.0 Å². The van der Waals surface area contributed by atoms with E-state index in [4.69, 9.17) is 9.47 Å². The number of aromatic nitrogens is 1. The van der Waals surface area contributed by atoms with Crippen LogP contribution in [0.1, 0.15) is 71.3 Å². The number of benzene rings is 1. The van der Waals surface area contributed by atoms with Crippen molar-refractivity contribution >= 4 is 11.8 Å². The topological polar surface area (TPSA) is 57.5 Å². The molecule has 0 aliphatic heterocycles. The molecule has 1 aromatic heterocycles. The molecule has 27 heavy (non-hydrogen) atoms. The molecule has 1 heterocycles. The molecule has 0 saturated heterocycles. The number of nitrogens with zero attached hydrogens (tertiary/aromatic N) is 1. The highest BCUT2D eigenvalue weighted by Crippen LogP contribution is 2.27. The Balaban J connectivity index is 2.31. The lowest BCUT2D eigenvalue weighted by molar-refractivity contribution is 0.0512. The van der Waals surface area contributed by atoms with Gasteiger partial charge in [-0.3, -0.25) is 4.79 Å². The van der Waals surface area contributed by atoms with E-state index < -0.39 is 5.97 Å². The highest BCUT2D eigenvalue weighted by atomic mass is 16.5. The van der Waals surface area contributed by atoms with Gasteiger partial charge in [0.15, 0.2) is 6.61 Å². The number of para-hydroxylation sites is 1. The van der Waals surface area contributed by atoms with E-state index in [1.807, 2.05) is 42.7 Å². The van der Waals surface area contributed by atoms with Crippen molar-refractivity contribution in [3.8, 4) is 5.75 Å². The molecular formula is C22H29NO4. The number of esters is 1. The number of rotatable bonds is 8. The molecule has 2 aromatic rings. The van der Waals surface area contributed by atoms with Gasteiger partial charge in [-0.15, -0.1) is 0 Å². The van der Waals surface area contributed by atoms with Crippen LogP contribution in [-0.4, -0.2) is 29.5 Å². The van der Waals surface area contributed by atoms with Gasteiger partial charge in [-0.1, -0.05) is 32.0 Å². The van der Waals surface area contributed by atoms with Crippen LogP contribution in [0.15, 0.2) is 24.3 Å². The van der Waals surface area contributed by atoms with Crippen LogP contribution in [0.3, 0.4) is 0 Å². The molecule has 0 radical (unpaired) electrons. The van der Waals surface area contributed by atoms with E-state index in [0.717, 1.165) is 17.0 Å². The second kappa shape index (κ2) is 8.89. The zero-order valence-electron chi connectivity index (χ0n) is 17.1. The Bertz CT molecular complexity index is 833. The number of carbonyl (C=O) groups excluding carboxylic acids is 2. The van der Waals surface area contributed by atoms with Gasteiger partial charge in [0.2, 0.25) is 5.78 Å². The first kappa shape index (κ1) is 20.7. The fraction of sp³-hybridized carbons (Fsp3) is 0.455. The maximum Gasteiger partial charge on any atom is 0.355 e. The summed E-state index contributed by atoms with van der Waals surface area (Å²) >= 11 is 0. The molecule has 0 aliphatic rings. The van der Waals surface area contributed by atoms with Crippen molar-refractivity contribution in [2.45, 2.75) is 54.0 Å². The maximum atomic E-state index is 12.9. The van der Waals surface area contributed by atoms with Crippen molar-refractivity contribution in [2.75, 3.05) is 13.2 Å². The van der Waals surface area contributed by atoms with Crippen LogP contribution >= 0.6 is 0 Å². The van der Waals surface area contributed by atoms with Gasteiger partial charge in [-0.25, -0.2) is 4.79 Å². The third-order valence-corrected chi connectivity index (χ3v) is 4.73. The van der Waals surface area contributed by atoms with E-state index in [-0.39, 0.29) is 12.4 Å². The van der Waals surface area contributed by atoms with E-state index >= 15 is 0 Å². The summed E-state index contributed by atoms with van der Waals surface area (Å²) < 4.78 is 12.8. The standard InChI is InChI=1S/C22H29NO4/c1-7-23-16(6)20(15(5)21(23)22(25)26-8-2)18(24)13-27-19-12-10-9-11-17(19)14(3)4/h9-12,14H,7-8,13H2,1-6H3. The van der Waals surface area contributed by atoms with Crippen LogP contribution < -0.4 is 4.74 Å². The maximum absolute atomic E-state index is 12.9. The smallest absolute Gasteiger partial charge is 0.355 e. The van der Waals surface area contributed by atoms with E-state index in [0.29, 0.717) is 35.9 Å². The second-order valence-electron chi connectivity index (χ2n) is 6.80. The Kier molecular flexibility index (Phi) is 6.83. The molecule has 0 N–H and O–H groups in total. The fourth-order valence-corrected chi connectivity index (χ4v) is 3.47. The van der Waals surface area contributed by atoms with E-state index in [9.17, 15) is 9.59 Å². The summed E-state index contributed by atoms with van der Waals surface area (Å²) in [7, 11) is 0. The minimum Gasteiger partial charge on any atom is -0.485 e. The van der Waals surface area contributed by atoms with Crippen molar-refractivity contribution in [1.29, 1.82) is 0 Å². The quantitative estimate of drug-likeness (QED) is 0.499. The van der Waals surface area contributed by atoms with Gasteiger partial charge >= 0.3 is 5.97 Å². The average molecular weight is 371 g/mol. The number of ketones is 1. The van der Waals surface area contributed by atoms with Crippen molar-refractivity contribution < 1.29 is 19.1 Å². The van der Waals surface area contributed by atoms with Crippen molar-refractivity contribution in [1.82, 2.24) is 4.57 Å². The molecule has 5 heteroatoms. The summed E-state index contributed by atoms with van der Waals surface area (Å²) in [5, 5.41) is 0. The van der Waals surface area contributed by atoms with Crippen LogP contribution in [0.5, 0.6) is 5.75 Å². The van der Waals surface area contributed by atoms with Gasteiger partial charge in [-0.2, -0.15) is 0 Å². The first-order valence-electron chi connectivity index (χ1n) is 9.45. The Morgan fingerprint density at radius 1 is 1.11 bits per heavy atom. The average Bonchev–Trinajstić information content (AvgIpc) is 2.89.